The van der Waals surface area contributed by atoms with Gasteiger partial charge in [-0.05, 0) is 19.1 Å². The molecule has 2 aromatic carbocycles. The fourth-order valence-electron chi connectivity index (χ4n) is 2.51. The number of rotatable bonds is 6. The second-order valence-corrected chi connectivity index (χ2v) is 5.45. The van der Waals surface area contributed by atoms with Gasteiger partial charge in [-0.1, -0.05) is 42.0 Å². The first-order valence-electron chi connectivity index (χ1n) is 7.59. The zero-order chi connectivity index (χ0) is 16.2. The average Bonchev–Trinajstić information content (AvgIpc) is 2.91. The third-order valence-corrected chi connectivity index (χ3v) is 3.72. The Kier molecular flexibility index (Phi) is 6.11. The van der Waals surface area contributed by atoms with Crippen molar-refractivity contribution in [2.24, 2.45) is 0 Å². The molecule has 6 heteroatoms. The van der Waals surface area contributed by atoms with Crippen LogP contribution in [0, 0.1) is 6.92 Å². The van der Waals surface area contributed by atoms with Crippen molar-refractivity contribution in [3.05, 3.63) is 59.7 Å². The first-order valence-corrected chi connectivity index (χ1v) is 7.59. The Morgan fingerprint density at radius 3 is 2.58 bits per heavy atom. The standard InChI is InChI=1S/C18H19N3O2.BrH/c1-13-6-8-14(9-7-13)17(23)12-21-16-5-3-2-4-15(16)20-18(21)19-10-11-22;/h2-9,22H,10-12H2,1H3,(H,19,20);1H. The minimum absolute atomic E-state index is 0. The highest BCUT2D eigenvalue weighted by Crippen LogP contribution is 2.20. The molecule has 0 atom stereocenters. The van der Waals surface area contributed by atoms with Crippen LogP contribution < -0.4 is 5.32 Å². The largest absolute Gasteiger partial charge is 0.395 e. The van der Waals surface area contributed by atoms with Crippen LogP contribution in [0.1, 0.15) is 15.9 Å². The molecule has 0 aliphatic carbocycles. The van der Waals surface area contributed by atoms with E-state index in [-0.39, 0.29) is 35.9 Å². The van der Waals surface area contributed by atoms with Crippen LogP contribution in [-0.4, -0.2) is 33.6 Å². The molecule has 0 aliphatic rings. The number of carbonyl (C=O) groups is 1. The molecule has 126 valence electrons. The Morgan fingerprint density at radius 1 is 1.17 bits per heavy atom. The number of benzene rings is 2. The topological polar surface area (TPSA) is 67.2 Å². The normalized spacial score (nSPS) is 10.4. The highest BCUT2D eigenvalue weighted by molar-refractivity contribution is 8.93. The number of hydrogen-bond donors (Lipinski definition) is 2. The monoisotopic (exact) mass is 389 g/mol. The molecule has 0 saturated carbocycles. The number of hydrogen-bond acceptors (Lipinski definition) is 4. The fourth-order valence-corrected chi connectivity index (χ4v) is 2.51. The summed E-state index contributed by atoms with van der Waals surface area (Å²) in [5, 5.41) is 12.1. The van der Waals surface area contributed by atoms with E-state index in [0.29, 0.717) is 18.1 Å². The summed E-state index contributed by atoms with van der Waals surface area (Å²) < 4.78 is 1.85. The minimum Gasteiger partial charge on any atom is -0.395 e. The van der Waals surface area contributed by atoms with Crippen LogP contribution in [0.3, 0.4) is 0 Å². The number of fused-ring (bicyclic) bond motifs is 1. The lowest BCUT2D eigenvalue weighted by Crippen LogP contribution is -2.15. The molecule has 3 aromatic rings. The van der Waals surface area contributed by atoms with Gasteiger partial charge in [-0.25, -0.2) is 4.98 Å². The van der Waals surface area contributed by atoms with Gasteiger partial charge in [-0.2, -0.15) is 0 Å². The number of nitrogens with one attached hydrogen (secondary N) is 1. The number of Topliss-reactive ketones (excluding diaryl/α,β-unsaturated/α-hetero) is 1. The van der Waals surface area contributed by atoms with Gasteiger partial charge in [0.15, 0.2) is 5.78 Å². The Bertz CT molecular complexity index is 828. The summed E-state index contributed by atoms with van der Waals surface area (Å²) in [7, 11) is 0. The molecule has 5 nitrogen and oxygen atoms in total. The third kappa shape index (κ3) is 3.83. The van der Waals surface area contributed by atoms with E-state index in [0.717, 1.165) is 16.6 Å². The maximum absolute atomic E-state index is 12.6. The van der Waals surface area contributed by atoms with Gasteiger partial charge in [0.2, 0.25) is 5.95 Å². The van der Waals surface area contributed by atoms with Gasteiger partial charge in [0, 0.05) is 12.1 Å². The van der Waals surface area contributed by atoms with Crippen LogP contribution in [0.5, 0.6) is 0 Å². The van der Waals surface area contributed by atoms with Gasteiger partial charge >= 0.3 is 0 Å². The summed E-state index contributed by atoms with van der Waals surface area (Å²) >= 11 is 0. The summed E-state index contributed by atoms with van der Waals surface area (Å²) in [5.74, 6) is 0.626. The molecule has 1 aromatic heterocycles. The first kappa shape index (κ1) is 18.2. The van der Waals surface area contributed by atoms with Gasteiger partial charge < -0.3 is 15.0 Å². The molecule has 0 aliphatic heterocycles. The van der Waals surface area contributed by atoms with Gasteiger partial charge in [0.25, 0.3) is 0 Å². The summed E-state index contributed by atoms with van der Waals surface area (Å²) in [6.45, 7) is 2.60. The first-order chi connectivity index (χ1) is 11.2. The molecular weight excluding hydrogens is 370 g/mol. The number of nitrogens with zero attached hydrogens (tertiary/aromatic N) is 2. The Labute approximate surface area is 151 Å². The van der Waals surface area contributed by atoms with E-state index in [9.17, 15) is 4.79 Å². The number of ketones is 1. The quantitative estimate of drug-likeness (QED) is 0.635. The molecule has 0 bridgehead atoms. The van der Waals surface area contributed by atoms with Crippen molar-refractivity contribution < 1.29 is 9.90 Å². The second-order valence-electron chi connectivity index (χ2n) is 5.45. The number of aryl methyl sites for hydroxylation is 1. The van der Waals surface area contributed by atoms with Crippen LogP contribution in [0.15, 0.2) is 48.5 Å². The maximum Gasteiger partial charge on any atom is 0.204 e. The predicted octanol–water partition coefficient (Wildman–Crippen LogP) is 3.21. The van der Waals surface area contributed by atoms with Crippen molar-refractivity contribution in [3.8, 4) is 0 Å². The number of anilines is 1. The number of imidazole rings is 1. The lowest BCUT2D eigenvalue weighted by molar-refractivity contribution is 0.0974. The summed E-state index contributed by atoms with van der Waals surface area (Å²) in [4.78, 5) is 17.1. The highest BCUT2D eigenvalue weighted by Gasteiger charge is 2.14. The van der Waals surface area contributed by atoms with E-state index in [1.165, 1.54) is 0 Å². The van der Waals surface area contributed by atoms with Crippen LogP contribution in [-0.2, 0) is 6.54 Å². The molecule has 0 amide bonds. The number of aliphatic hydroxyl groups is 1. The lowest BCUT2D eigenvalue weighted by atomic mass is 10.1. The van der Waals surface area contributed by atoms with E-state index in [1.54, 1.807) is 0 Å². The molecule has 0 spiro atoms. The van der Waals surface area contributed by atoms with Crippen LogP contribution in [0.4, 0.5) is 5.95 Å². The fraction of sp³-hybridized carbons (Fsp3) is 0.222. The summed E-state index contributed by atoms with van der Waals surface area (Å²) in [6, 6.07) is 15.2. The molecule has 0 saturated heterocycles. The predicted molar refractivity (Wildman–Crippen MR) is 101 cm³/mol. The highest BCUT2D eigenvalue weighted by atomic mass is 79.9. The third-order valence-electron chi connectivity index (χ3n) is 3.72. The summed E-state index contributed by atoms with van der Waals surface area (Å²) in [5.41, 5.74) is 3.53. The van der Waals surface area contributed by atoms with E-state index in [4.69, 9.17) is 5.11 Å². The minimum atomic E-state index is 0. The average molecular weight is 390 g/mol. The zero-order valence-electron chi connectivity index (χ0n) is 13.4. The number of aromatic nitrogens is 2. The molecular formula is C18H20BrN3O2. The van der Waals surface area contributed by atoms with Crippen LogP contribution in [0.2, 0.25) is 0 Å². The van der Waals surface area contributed by atoms with Gasteiger partial charge in [0.05, 0.1) is 24.2 Å². The molecule has 0 unspecified atom stereocenters. The molecule has 24 heavy (non-hydrogen) atoms. The number of aliphatic hydroxyl groups excluding tert-OH is 1. The van der Waals surface area contributed by atoms with Crippen molar-refractivity contribution in [3.63, 3.8) is 0 Å². The number of para-hydroxylation sites is 2. The molecule has 1 heterocycles. The lowest BCUT2D eigenvalue weighted by Gasteiger charge is -2.10. The zero-order valence-corrected chi connectivity index (χ0v) is 15.1. The number of carbonyl (C=O) groups excluding carboxylic acids is 1. The Balaban J connectivity index is 0.00000208. The molecule has 0 fully saturated rings. The SMILES string of the molecule is Br.Cc1ccc(C(=O)Cn2c(NCCO)nc3ccccc32)cc1. The van der Waals surface area contributed by atoms with Crippen molar-refractivity contribution in [1.29, 1.82) is 0 Å². The van der Waals surface area contributed by atoms with Crippen molar-refractivity contribution in [2.45, 2.75) is 13.5 Å². The van der Waals surface area contributed by atoms with Crippen molar-refractivity contribution >= 4 is 39.7 Å². The van der Waals surface area contributed by atoms with E-state index < -0.39 is 0 Å². The molecule has 2 N–H and O–H groups in total. The van der Waals surface area contributed by atoms with Crippen molar-refractivity contribution in [1.82, 2.24) is 9.55 Å². The van der Waals surface area contributed by atoms with Crippen LogP contribution in [0.25, 0.3) is 11.0 Å². The number of halogens is 1. The van der Waals surface area contributed by atoms with Gasteiger partial charge in [0.1, 0.15) is 0 Å². The second kappa shape index (κ2) is 8.08. The van der Waals surface area contributed by atoms with Crippen LogP contribution >= 0.6 is 17.0 Å². The van der Waals surface area contributed by atoms with Crippen molar-refractivity contribution in [2.75, 3.05) is 18.5 Å². The van der Waals surface area contributed by atoms with Gasteiger partial charge in [-0.15, -0.1) is 17.0 Å². The van der Waals surface area contributed by atoms with Gasteiger partial charge in [-0.3, -0.25) is 4.79 Å². The maximum atomic E-state index is 12.6. The summed E-state index contributed by atoms with van der Waals surface area (Å²) in [6.07, 6.45) is 0. The Hall–Kier alpha value is -2.18. The molecule has 3 rings (SSSR count). The smallest absolute Gasteiger partial charge is 0.204 e. The van der Waals surface area contributed by atoms with E-state index in [1.807, 2.05) is 60.0 Å². The van der Waals surface area contributed by atoms with E-state index >= 15 is 0 Å². The van der Waals surface area contributed by atoms with E-state index in [2.05, 4.69) is 10.3 Å². The Morgan fingerprint density at radius 2 is 1.88 bits per heavy atom. The molecule has 0 radical (unpaired) electrons.